The van der Waals surface area contributed by atoms with E-state index >= 15 is 0 Å². The SMILES string of the molecule is O=C(C=Cc1ccccc1Cl)N[C@@H](CO)c1ccc(F)c(N2CCOCC2)c1. The van der Waals surface area contributed by atoms with Crippen molar-refractivity contribution in [2.45, 2.75) is 6.04 Å². The fourth-order valence-electron chi connectivity index (χ4n) is 3.02. The molecule has 1 atom stereocenters. The Hall–Kier alpha value is -2.41. The zero-order valence-electron chi connectivity index (χ0n) is 15.3. The highest BCUT2D eigenvalue weighted by molar-refractivity contribution is 6.32. The van der Waals surface area contributed by atoms with Gasteiger partial charge < -0.3 is 20.1 Å². The summed E-state index contributed by atoms with van der Waals surface area (Å²) in [6.45, 7) is 1.96. The lowest BCUT2D eigenvalue weighted by atomic mass is 10.1. The minimum atomic E-state index is -0.649. The number of halogens is 2. The first-order chi connectivity index (χ1) is 13.6. The van der Waals surface area contributed by atoms with Crippen LogP contribution in [0.2, 0.25) is 5.02 Å². The summed E-state index contributed by atoms with van der Waals surface area (Å²) in [5.41, 5.74) is 1.79. The average molecular weight is 405 g/mol. The Balaban J connectivity index is 1.72. The number of morpholine rings is 1. The van der Waals surface area contributed by atoms with E-state index < -0.39 is 6.04 Å². The minimum absolute atomic E-state index is 0.306. The van der Waals surface area contributed by atoms with Crippen molar-refractivity contribution in [1.82, 2.24) is 5.32 Å². The molecule has 1 aliphatic heterocycles. The number of nitrogens with zero attached hydrogens (tertiary/aromatic N) is 1. The molecule has 0 spiro atoms. The third-order valence-corrected chi connectivity index (χ3v) is 4.89. The smallest absolute Gasteiger partial charge is 0.244 e. The molecule has 1 heterocycles. The van der Waals surface area contributed by atoms with Crippen molar-refractivity contribution in [2.75, 3.05) is 37.8 Å². The second-order valence-electron chi connectivity index (χ2n) is 6.41. The van der Waals surface area contributed by atoms with Gasteiger partial charge >= 0.3 is 0 Å². The highest BCUT2D eigenvalue weighted by atomic mass is 35.5. The van der Waals surface area contributed by atoms with E-state index in [0.717, 1.165) is 5.56 Å². The predicted molar refractivity (Wildman–Crippen MR) is 108 cm³/mol. The fraction of sp³-hybridized carbons (Fsp3) is 0.286. The van der Waals surface area contributed by atoms with Crippen molar-refractivity contribution in [3.63, 3.8) is 0 Å². The molecule has 0 saturated carbocycles. The number of aliphatic hydroxyl groups excluding tert-OH is 1. The second kappa shape index (κ2) is 9.68. The number of aliphatic hydroxyl groups is 1. The molecule has 3 rings (SSSR count). The van der Waals surface area contributed by atoms with Gasteiger partial charge in [0.15, 0.2) is 0 Å². The molecule has 2 aromatic rings. The number of nitrogens with one attached hydrogen (secondary N) is 1. The molecule has 0 radical (unpaired) electrons. The third kappa shape index (κ3) is 5.10. The molecule has 1 saturated heterocycles. The van der Waals surface area contributed by atoms with Crippen LogP contribution in [0.5, 0.6) is 0 Å². The van der Waals surface area contributed by atoms with Gasteiger partial charge in [0, 0.05) is 24.2 Å². The highest BCUT2D eigenvalue weighted by Crippen LogP contribution is 2.25. The summed E-state index contributed by atoms with van der Waals surface area (Å²) in [6.07, 6.45) is 2.96. The monoisotopic (exact) mass is 404 g/mol. The number of rotatable bonds is 6. The van der Waals surface area contributed by atoms with Crippen LogP contribution >= 0.6 is 11.6 Å². The van der Waals surface area contributed by atoms with Crippen molar-refractivity contribution in [3.05, 3.63) is 70.5 Å². The molecule has 2 aromatic carbocycles. The zero-order chi connectivity index (χ0) is 19.9. The molecule has 28 heavy (non-hydrogen) atoms. The number of carbonyl (C=O) groups is 1. The molecular weight excluding hydrogens is 383 g/mol. The van der Waals surface area contributed by atoms with Crippen LogP contribution in [0.4, 0.5) is 10.1 Å². The van der Waals surface area contributed by atoms with Crippen molar-refractivity contribution < 1.29 is 19.0 Å². The van der Waals surface area contributed by atoms with Crippen LogP contribution in [0.25, 0.3) is 6.08 Å². The summed E-state index contributed by atoms with van der Waals surface area (Å²) in [6, 6.07) is 11.1. The van der Waals surface area contributed by atoms with Crippen molar-refractivity contribution in [2.24, 2.45) is 0 Å². The van der Waals surface area contributed by atoms with E-state index in [4.69, 9.17) is 16.3 Å². The zero-order valence-corrected chi connectivity index (χ0v) is 16.0. The molecular formula is C21H22ClFN2O3. The molecule has 148 valence electrons. The predicted octanol–water partition coefficient (Wildman–Crippen LogP) is 3.18. The quantitative estimate of drug-likeness (QED) is 0.726. The summed E-state index contributed by atoms with van der Waals surface area (Å²) in [7, 11) is 0. The van der Waals surface area contributed by atoms with E-state index in [2.05, 4.69) is 5.32 Å². The fourth-order valence-corrected chi connectivity index (χ4v) is 3.22. The van der Waals surface area contributed by atoms with Gasteiger partial charge in [-0.15, -0.1) is 0 Å². The van der Waals surface area contributed by atoms with Crippen LogP contribution in [-0.4, -0.2) is 43.9 Å². The number of amides is 1. The number of ether oxygens (including phenoxy) is 1. The molecule has 0 aromatic heterocycles. The van der Waals surface area contributed by atoms with Crippen molar-refractivity contribution in [1.29, 1.82) is 0 Å². The first kappa shape index (κ1) is 20.3. The maximum Gasteiger partial charge on any atom is 0.244 e. The Bertz CT molecular complexity index is 853. The Morgan fingerprint density at radius 3 is 2.75 bits per heavy atom. The van der Waals surface area contributed by atoms with Crippen LogP contribution in [0.15, 0.2) is 48.5 Å². The average Bonchev–Trinajstić information content (AvgIpc) is 2.72. The maximum atomic E-state index is 14.3. The molecule has 1 fully saturated rings. The summed E-state index contributed by atoms with van der Waals surface area (Å²) in [5.74, 6) is -0.719. The molecule has 7 heteroatoms. The minimum Gasteiger partial charge on any atom is -0.394 e. The van der Waals surface area contributed by atoms with Crippen LogP contribution < -0.4 is 10.2 Å². The molecule has 0 aliphatic carbocycles. The van der Waals surface area contributed by atoms with Gasteiger partial charge in [0.1, 0.15) is 5.82 Å². The summed E-state index contributed by atoms with van der Waals surface area (Å²) < 4.78 is 19.6. The van der Waals surface area contributed by atoms with E-state index in [1.54, 1.807) is 30.3 Å². The summed E-state index contributed by atoms with van der Waals surface area (Å²) in [4.78, 5) is 14.2. The van der Waals surface area contributed by atoms with Gasteiger partial charge in [-0.05, 0) is 35.4 Å². The van der Waals surface area contributed by atoms with Crippen LogP contribution in [0, 0.1) is 5.82 Å². The molecule has 1 amide bonds. The van der Waals surface area contributed by atoms with Gasteiger partial charge in [-0.3, -0.25) is 4.79 Å². The molecule has 5 nitrogen and oxygen atoms in total. The normalized spacial score (nSPS) is 15.6. The molecule has 0 unspecified atom stereocenters. The van der Waals surface area contributed by atoms with E-state index in [1.807, 2.05) is 17.0 Å². The van der Waals surface area contributed by atoms with Gasteiger partial charge in [0.2, 0.25) is 5.91 Å². The van der Waals surface area contributed by atoms with Gasteiger partial charge in [0.05, 0.1) is 31.5 Å². The van der Waals surface area contributed by atoms with Gasteiger partial charge in [-0.2, -0.15) is 0 Å². The number of benzene rings is 2. The lowest BCUT2D eigenvalue weighted by Crippen LogP contribution is -2.37. The van der Waals surface area contributed by atoms with Crippen LogP contribution in [0.3, 0.4) is 0 Å². The van der Waals surface area contributed by atoms with Gasteiger partial charge in [-0.1, -0.05) is 35.9 Å². The number of carbonyl (C=O) groups excluding carboxylic acids is 1. The van der Waals surface area contributed by atoms with E-state index in [9.17, 15) is 14.3 Å². The summed E-state index contributed by atoms with van der Waals surface area (Å²) >= 11 is 6.07. The van der Waals surface area contributed by atoms with Gasteiger partial charge in [-0.25, -0.2) is 4.39 Å². The Labute approximate surface area is 168 Å². The lowest BCUT2D eigenvalue weighted by molar-refractivity contribution is -0.117. The first-order valence-electron chi connectivity index (χ1n) is 9.04. The van der Waals surface area contributed by atoms with Crippen molar-refractivity contribution in [3.8, 4) is 0 Å². The van der Waals surface area contributed by atoms with Crippen molar-refractivity contribution >= 4 is 29.3 Å². The molecule has 1 aliphatic rings. The largest absolute Gasteiger partial charge is 0.394 e. The third-order valence-electron chi connectivity index (χ3n) is 4.54. The Morgan fingerprint density at radius 2 is 2.04 bits per heavy atom. The van der Waals surface area contributed by atoms with E-state index in [0.29, 0.717) is 42.6 Å². The van der Waals surface area contributed by atoms with Gasteiger partial charge in [0.25, 0.3) is 0 Å². The highest BCUT2D eigenvalue weighted by Gasteiger charge is 2.19. The number of hydrogen-bond acceptors (Lipinski definition) is 4. The van der Waals surface area contributed by atoms with Crippen LogP contribution in [-0.2, 0) is 9.53 Å². The Kier molecular flexibility index (Phi) is 7.03. The first-order valence-corrected chi connectivity index (χ1v) is 9.42. The number of hydrogen-bond donors (Lipinski definition) is 2. The van der Waals surface area contributed by atoms with E-state index in [-0.39, 0.29) is 18.3 Å². The van der Waals surface area contributed by atoms with Crippen LogP contribution in [0.1, 0.15) is 17.2 Å². The molecule has 0 bridgehead atoms. The summed E-state index contributed by atoms with van der Waals surface area (Å²) in [5, 5.41) is 13.0. The van der Waals surface area contributed by atoms with E-state index in [1.165, 1.54) is 12.1 Å². The second-order valence-corrected chi connectivity index (χ2v) is 6.82. The standard InChI is InChI=1S/C21H22ClFN2O3/c22-17-4-2-1-3-15(17)6-8-21(27)24-19(14-26)16-5-7-18(23)20(13-16)25-9-11-28-12-10-25/h1-8,13,19,26H,9-12,14H2,(H,24,27)/t19-/m0/s1. The number of anilines is 1. The Morgan fingerprint density at radius 1 is 1.29 bits per heavy atom. The topological polar surface area (TPSA) is 61.8 Å². The lowest BCUT2D eigenvalue weighted by Gasteiger charge is -2.30. The molecule has 2 N–H and O–H groups in total. The maximum absolute atomic E-state index is 14.3.